The molecule has 0 aliphatic carbocycles. The second-order valence-corrected chi connectivity index (χ2v) is 3.87. The highest BCUT2D eigenvalue weighted by molar-refractivity contribution is 5.88. The molecule has 0 unspecified atom stereocenters. The van der Waals surface area contributed by atoms with Gasteiger partial charge in [0.05, 0.1) is 6.54 Å². The van der Waals surface area contributed by atoms with Gasteiger partial charge in [0.25, 0.3) is 5.91 Å². The number of amides is 2. The highest BCUT2D eigenvalue weighted by Crippen LogP contribution is 2.22. The molecule has 0 fully saturated rings. The lowest BCUT2D eigenvalue weighted by atomic mass is 10.2. The Labute approximate surface area is 112 Å². The van der Waals surface area contributed by atoms with Crippen molar-refractivity contribution in [3.8, 4) is 0 Å². The standard InChI is InChI=1S/C12H12F4N2O2/c13-10(14)12(15,16)11(20)18-7-9(19)17-6-8-4-2-1-3-5-8/h1-5,10H,6-7H2,(H,17,19)(H,18,20). The second-order valence-electron chi connectivity index (χ2n) is 3.87. The number of alkyl halides is 4. The lowest BCUT2D eigenvalue weighted by molar-refractivity contribution is -0.169. The van der Waals surface area contributed by atoms with E-state index >= 15 is 0 Å². The minimum absolute atomic E-state index is 0.140. The first-order chi connectivity index (χ1) is 9.34. The Bertz CT molecular complexity index is 466. The molecule has 0 heterocycles. The van der Waals surface area contributed by atoms with E-state index in [0.29, 0.717) is 0 Å². The van der Waals surface area contributed by atoms with E-state index in [4.69, 9.17) is 0 Å². The normalized spacial score (nSPS) is 11.2. The highest BCUT2D eigenvalue weighted by atomic mass is 19.3. The van der Waals surface area contributed by atoms with Gasteiger partial charge in [-0.15, -0.1) is 0 Å². The van der Waals surface area contributed by atoms with Crippen molar-refractivity contribution in [1.82, 2.24) is 10.6 Å². The Morgan fingerprint density at radius 1 is 1.10 bits per heavy atom. The number of halogens is 4. The zero-order chi connectivity index (χ0) is 15.2. The Balaban J connectivity index is 2.35. The van der Waals surface area contributed by atoms with Crippen molar-refractivity contribution in [2.75, 3.05) is 6.54 Å². The van der Waals surface area contributed by atoms with Crippen LogP contribution in [0, 0.1) is 0 Å². The van der Waals surface area contributed by atoms with Crippen LogP contribution in [-0.2, 0) is 16.1 Å². The fraction of sp³-hybridized carbons (Fsp3) is 0.333. The maximum absolute atomic E-state index is 12.5. The van der Waals surface area contributed by atoms with Crippen LogP contribution in [-0.4, -0.2) is 30.7 Å². The summed E-state index contributed by atoms with van der Waals surface area (Å²) >= 11 is 0. The first-order valence-corrected chi connectivity index (χ1v) is 5.59. The smallest absolute Gasteiger partial charge is 0.350 e. The van der Waals surface area contributed by atoms with Gasteiger partial charge in [0, 0.05) is 6.54 Å². The third-order valence-electron chi connectivity index (χ3n) is 2.32. The molecule has 0 saturated carbocycles. The van der Waals surface area contributed by atoms with Gasteiger partial charge in [0.1, 0.15) is 0 Å². The van der Waals surface area contributed by atoms with Crippen molar-refractivity contribution in [2.24, 2.45) is 0 Å². The number of carbonyl (C=O) groups is 2. The summed E-state index contributed by atoms with van der Waals surface area (Å²) in [6.07, 6.45) is -4.12. The quantitative estimate of drug-likeness (QED) is 0.777. The van der Waals surface area contributed by atoms with Crippen LogP contribution in [0.2, 0.25) is 0 Å². The van der Waals surface area contributed by atoms with Crippen LogP contribution in [0.15, 0.2) is 30.3 Å². The Morgan fingerprint density at radius 2 is 1.70 bits per heavy atom. The van der Waals surface area contributed by atoms with Crippen LogP contribution in [0.4, 0.5) is 17.6 Å². The molecule has 0 radical (unpaired) electrons. The van der Waals surface area contributed by atoms with E-state index in [0.717, 1.165) is 5.56 Å². The molecule has 0 atom stereocenters. The van der Waals surface area contributed by atoms with Gasteiger partial charge in [-0.05, 0) is 5.56 Å². The lowest BCUT2D eigenvalue weighted by Gasteiger charge is -2.14. The van der Waals surface area contributed by atoms with Crippen LogP contribution in [0.1, 0.15) is 5.56 Å². The fourth-order valence-electron chi connectivity index (χ4n) is 1.24. The molecule has 4 nitrogen and oxygen atoms in total. The number of hydrogen-bond donors (Lipinski definition) is 2. The Hall–Kier alpha value is -2.12. The van der Waals surface area contributed by atoms with Crippen molar-refractivity contribution in [3.05, 3.63) is 35.9 Å². The molecule has 110 valence electrons. The monoisotopic (exact) mass is 292 g/mol. The van der Waals surface area contributed by atoms with E-state index in [-0.39, 0.29) is 6.54 Å². The second kappa shape index (κ2) is 6.88. The van der Waals surface area contributed by atoms with Crippen LogP contribution in [0.3, 0.4) is 0 Å². The van der Waals surface area contributed by atoms with Crippen molar-refractivity contribution >= 4 is 11.8 Å². The molecular weight excluding hydrogens is 280 g/mol. The average molecular weight is 292 g/mol. The number of carbonyl (C=O) groups excluding carboxylic acids is 2. The minimum atomic E-state index is -4.81. The number of rotatable bonds is 6. The van der Waals surface area contributed by atoms with E-state index < -0.39 is 30.7 Å². The highest BCUT2D eigenvalue weighted by Gasteiger charge is 2.48. The predicted molar refractivity (Wildman–Crippen MR) is 62.2 cm³/mol. The van der Waals surface area contributed by atoms with Gasteiger partial charge in [-0.2, -0.15) is 8.78 Å². The van der Waals surface area contributed by atoms with Gasteiger partial charge in [0.15, 0.2) is 0 Å². The van der Waals surface area contributed by atoms with Gasteiger partial charge in [0.2, 0.25) is 5.91 Å². The average Bonchev–Trinajstić information content (AvgIpc) is 2.43. The molecule has 1 aromatic rings. The number of nitrogens with one attached hydrogen (secondary N) is 2. The van der Waals surface area contributed by atoms with Gasteiger partial charge in [-0.25, -0.2) is 8.78 Å². The Morgan fingerprint density at radius 3 is 2.25 bits per heavy atom. The van der Waals surface area contributed by atoms with E-state index in [9.17, 15) is 27.2 Å². The van der Waals surface area contributed by atoms with Crippen LogP contribution >= 0.6 is 0 Å². The van der Waals surface area contributed by atoms with Crippen molar-refractivity contribution < 1.29 is 27.2 Å². The SMILES string of the molecule is O=C(CNC(=O)C(F)(F)C(F)F)NCc1ccccc1. The molecule has 1 rings (SSSR count). The predicted octanol–water partition coefficient (Wildman–Crippen LogP) is 1.32. The maximum Gasteiger partial charge on any atom is 0.383 e. The summed E-state index contributed by atoms with van der Waals surface area (Å²) in [5, 5.41) is 3.81. The zero-order valence-corrected chi connectivity index (χ0v) is 10.2. The number of hydrogen-bond acceptors (Lipinski definition) is 2. The lowest BCUT2D eigenvalue weighted by Crippen LogP contribution is -2.48. The van der Waals surface area contributed by atoms with Gasteiger partial charge >= 0.3 is 12.3 Å². The molecule has 0 bridgehead atoms. The van der Waals surface area contributed by atoms with Gasteiger partial charge in [-0.3, -0.25) is 9.59 Å². The molecule has 0 aliphatic heterocycles. The third-order valence-corrected chi connectivity index (χ3v) is 2.32. The molecular formula is C12H12F4N2O2. The molecule has 8 heteroatoms. The van der Waals surface area contributed by atoms with Crippen molar-refractivity contribution in [2.45, 2.75) is 18.9 Å². The summed E-state index contributed by atoms with van der Waals surface area (Å²) in [6, 6.07) is 8.71. The Kier molecular flexibility index (Phi) is 5.48. The molecule has 2 N–H and O–H groups in total. The van der Waals surface area contributed by atoms with Gasteiger partial charge in [-0.1, -0.05) is 30.3 Å². The molecule has 2 amide bonds. The van der Waals surface area contributed by atoms with E-state index in [1.165, 1.54) is 5.32 Å². The largest absolute Gasteiger partial charge is 0.383 e. The molecule has 20 heavy (non-hydrogen) atoms. The zero-order valence-electron chi connectivity index (χ0n) is 10.2. The first-order valence-electron chi connectivity index (χ1n) is 5.59. The summed E-state index contributed by atoms with van der Waals surface area (Å²) in [5.74, 6) is -7.74. The summed E-state index contributed by atoms with van der Waals surface area (Å²) in [7, 11) is 0. The van der Waals surface area contributed by atoms with Crippen LogP contribution in [0.5, 0.6) is 0 Å². The molecule has 0 saturated heterocycles. The first kappa shape index (κ1) is 15.9. The third kappa shape index (κ3) is 4.52. The summed E-state index contributed by atoms with van der Waals surface area (Å²) < 4.78 is 48.8. The minimum Gasteiger partial charge on any atom is -0.350 e. The van der Waals surface area contributed by atoms with Gasteiger partial charge < -0.3 is 10.6 Å². The van der Waals surface area contributed by atoms with E-state index in [1.54, 1.807) is 30.3 Å². The van der Waals surface area contributed by atoms with Crippen LogP contribution < -0.4 is 10.6 Å². The molecule has 1 aromatic carbocycles. The summed E-state index contributed by atoms with van der Waals surface area (Å²) in [5.41, 5.74) is 0.769. The van der Waals surface area contributed by atoms with Crippen molar-refractivity contribution in [1.29, 1.82) is 0 Å². The number of benzene rings is 1. The fourth-order valence-corrected chi connectivity index (χ4v) is 1.24. The molecule has 0 aromatic heterocycles. The molecule has 0 spiro atoms. The van der Waals surface area contributed by atoms with Crippen molar-refractivity contribution in [3.63, 3.8) is 0 Å². The molecule has 0 aliphatic rings. The van der Waals surface area contributed by atoms with E-state index in [2.05, 4.69) is 5.32 Å². The van der Waals surface area contributed by atoms with E-state index in [1.807, 2.05) is 0 Å². The maximum atomic E-state index is 12.5. The summed E-state index contributed by atoms with van der Waals surface area (Å²) in [4.78, 5) is 22.0. The van der Waals surface area contributed by atoms with Crippen LogP contribution in [0.25, 0.3) is 0 Å². The topological polar surface area (TPSA) is 58.2 Å². The summed E-state index contributed by atoms with van der Waals surface area (Å²) in [6.45, 7) is -0.658.